The standard InChI is InChI=1S/C37H38N4O3/c1-25(42)38-30-15-11-26(12-16-30)32-17-13-28-23-29(14-18-33(28)39-32)37-36(27-7-3-2-4-8-27)31-9-5-6-10-34(31)41(37)24-35(43)40-19-21-44-22-20-40/h5-6,9-18,23,27H,2-4,7-8,19-22,24H2,1H3,(H,38,42). The molecule has 7 heteroatoms. The maximum absolute atomic E-state index is 13.7. The van der Waals surface area contributed by atoms with Crippen molar-refractivity contribution in [2.75, 3.05) is 31.6 Å². The highest BCUT2D eigenvalue weighted by Gasteiger charge is 2.28. The Hall–Kier alpha value is -4.49. The van der Waals surface area contributed by atoms with Gasteiger partial charge in [0.15, 0.2) is 0 Å². The molecule has 224 valence electrons. The molecule has 2 aliphatic rings. The number of pyridine rings is 1. The smallest absolute Gasteiger partial charge is 0.242 e. The Labute approximate surface area is 257 Å². The molecule has 1 saturated carbocycles. The van der Waals surface area contributed by atoms with Gasteiger partial charge in [-0.15, -0.1) is 0 Å². The summed E-state index contributed by atoms with van der Waals surface area (Å²) in [5.41, 5.74) is 8.36. The number of para-hydroxylation sites is 1. The molecule has 1 saturated heterocycles. The summed E-state index contributed by atoms with van der Waals surface area (Å²) in [5.74, 6) is 0.524. The number of ether oxygens (including phenoxy) is 1. The molecule has 0 spiro atoms. The van der Waals surface area contributed by atoms with Crippen LogP contribution in [-0.2, 0) is 20.9 Å². The van der Waals surface area contributed by atoms with Gasteiger partial charge in [-0.1, -0.05) is 61.7 Å². The molecule has 0 atom stereocenters. The summed E-state index contributed by atoms with van der Waals surface area (Å²) in [6.45, 7) is 4.29. The van der Waals surface area contributed by atoms with Crippen LogP contribution in [0.5, 0.6) is 0 Å². The topological polar surface area (TPSA) is 76.5 Å². The fourth-order valence-corrected chi connectivity index (χ4v) is 7.02. The van der Waals surface area contributed by atoms with Crippen molar-refractivity contribution in [2.45, 2.75) is 51.5 Å². The molecular formula is C37H38N4O3. The Morgan fingerprint density at radius 3 is 2.41 bits per heavy atom. The molecule has 2 amide bonds. The van der Waals surface area contributed by atoms with Crippen molar-refractivity contribution in [3.05, 3.63) is 84.4 Å². The number of carbonyl (C=O) groups excluding carboxylic acids is 2. The zero-order valence-electron chi connectivity index (χ0n) is 25.2. The van der Waals surface area contributed by atoms with Crippen molar-refractivity contribution in [1.29, 1.82) is 0 Å². The number of hydrogen-bond donors (Lipinski definition) is 1. The number of carbonyl (C=O) groups is 2. The highest BCUT2D eigenvalue weighted by molar-refractivity contribution is 5.96. The highest BCUT2D eigenvalue weighted by atomic mass is 16.5. The number of anilines is 1. The van der Waals surface area contributed by atoms with Gasteiger partial charge in [-0.3, -0.25) is 9.59 Å². The van der Waals surface area contributed by atoms with Crippen LogP contribution in [0.15, 0.2) is 78.9 Å². The maximum Gasteiger partial charge on any atom is 0.242 e. The van der Waals surface area contributed by atoms with Gasteiger partial charge in [-0.25, -0.2) is 4.98 Å². The van der Waals surface area contributed by atoms with Crippen LogP contribution in [0.2, 0.25) is 0 Å². The third-order valence-corrected chi connectivity index (χ3v) is 9.14. The number of fused-ring (bicyclic) bond motifs is 2. The molecule has 1 aliphatic carbocycles. The normalized spacial score (nSPS) is 16.0. The number of morpholine rings is 1. The van der Waals surface area contributed by atoms with E-state index in [4.69, 9.17) is 9.72 Å². The maximum atomic E-state index is 13.7. The SMILES string of the molecule is CC(=O)Nc1ccc(-c2ccc3cc(-c4c(C5CCCCC5)c5ccccc5n4CC(=O)N4CCOCC4)ccc3n2)cc1. The summed E-state index contributed by atoms with van der Waals surface area (Å²) in [6, 6.07) is 27.1. The molecule has 1 N–H and O–H groups in total. The fourth-order valence-electron chi connectivity index (χ4n) is 7.02. The van der Waals surface area contributed by atoms with Crippen molar-refractivity contribution in [1.82, 2.24) is 14.5 Å². The molecule has 2 fully saturated rings. The second kappa shape index (κ2) is 12.2. The minimum absolute atomic E-state index is 0.0893. The molecule has 0 bridgehead atoms. The van der Waals surface area contributed by atoms with Gasteiger partial charge in [-0.2, -0.15) is 0 Å². The zero-order chi connectivity index (χ0) is 30.0. The van der Waals surface area contributed by atoms with Crippen LogP contribution in [0, 0.1) is 0 Å². The third kappa shape index (κ3) is 5.60. The van der Waals surface area contributed by atoms with Crippen LogP contribution >= 0.6 is 0 Å². The number of aromatic nitrogens is 2. The lowest BCUT2D eigenvalue weighted by molar-refractivity contribution is -0.135. The van der Waals surface area contributed by atoms with Crippen LogP contribution in [-0.4, -0.2) is 52.6 Å². The van der Waals surface area contributed by atoms with Crippen molar-refractivity contribution >= 4 is 39.3 Å². The number of benzene rings is 3. The van der Waals surface area contributed by atoms with Crippen molar-refractivity contribution in [2.24, 2.45) is 0 Å². The number of amides is 2. The molecule has 44 heavy (non-hydrogen) atoms. The number of rotatable bonds is 6. The molecule has 7 rings (SSSR count). The summed E-state index contributed by atoms with van der Waals surface area (Å²) < 4.78 is 7.80. The first-order valence-corrected chi connectivity index (χ1v) is 15.8. The molecule has 5 aromatic rings. The highest BCUT2D eigenvalue weighted by Crippen LogP contribution is 2.44. The van der Waals surface area contributed by atoms with Crippen molar-refractivity contribution < 1.29 is 14.3 Å². The first-order chi connectivity index (χ1) is 21.5. The van der Waals surface area contributed by atoms with E-state index in [0.29, 0.717) is 38.8 Å². The number of hydrogen-bond acceptors (Lipinski definition) is 4. The second-order valence-electron chi connectivity index (χ2n) is 12.1. The first kappa shape index (κ1) is 28.3. The molecule has 2 aromatic heterocycles. The molecule has 3 heterocycles. The fraction of sp³-hybridized carbons (Fsp3) is 0.324. The Bertz CT molecular complexity index is 1830. The van der Waals surface area contributed by atoms with E-state index in [2.05, 4.69) is 64.5 Å². The van der Waals surface area contributed by atoms with E-state index in [1.165, 1.54) is 55.7 Å². The van der Waals surface area contributed by atoms with E-state index in [1.54, 1.807) is 0 Å². The molecular weight excluding hydrogens is 548 g/mol. The predicted octanol–water partition coefficient (Wildman–Crippen LogP) is 7.39. The van der Waals surface area contributed by atoms with Gasteiger partial charge in [0, 0.05) is 47.6 Å². The Kier molecular flexibility index (Phi) is 7.88. The van der Waals surface area contributed by atoms with Crippen LogP contribution in [0.3, 0.4) is 0 Å². The van der Waals surface area contributed by atoms with Gasteiger partial charge in [-0.05, 0) is 66.3 Å². The number of nitrogens with one attached hydrogen (secondary N) is 1. The van der Waals surface area contributed by atoms with Crippen LogP contribution in [0.1, 0.15) is 50.5 Å². The first-order valence-electron chi connectivity index (χ1n) is 15.8. The van der Waals surface area contributed by atoms with Crippen LogP contribution in [0.4, 0.5) is 5.69 Å². The zero-order valence-corrected chi connectivity index (χ0v) is 25.2. The predicted molar refractivity (Wildman–Crippen MR) is 176 cm³/mol. The molecule has 1 aliphatic heterocycles. The average Bonchev–Trinajstić information content (AvgIpc) is 3.39. The minimum atomic E-state index is -0.0893. The van der Waals surface area contributed by atoms with E-state index in [-0.39, 0.29) is 11.8 Å². The largest absolute Gasteiger partial charge is 0.378 e. The minimum Gasteiger partial charge on any atom is -0.378 e. The van der Waals surface area contributed by atoms with Crippen molar-refractivity contribution in [3.63, 3.8) is 0 Å². The Balaban J connectivity index is 1.31. The number of nitrogens with zero attached hydrogens (tertiary/aromatic N) is 3. The Morgan fingerprint density at radius 2 is 1.64 bits per heavy atom. The lowest BCUT2D eigenvalue weighted by Crippen LogP contribution is -2.42. The second-order valence-corrected chi connectivity index (χ2v) is 12.1. The van der Waals surface area contributed by atoms with E-state index in [1.807, 2.05) is 29.2 Å². The van der Waals surface area contributed by atoms with E-state index in [9.17, 15) is 9.59 Å². The molecule has 0 radical (unpaired) electrons. The molecule has 0 unspecified atom stereocenters. The summed E-state index contributed by atoms with van der Waals surface area (Å²) in [7, 11) is 0. The van der Waals surface area contributed by atoms with Gasteiger partial charge in [0.25, 0.3) is 0 Å². The van der Waals surface area contributed by atoms with Gasteiger partial charge in [0.05, 0.1) is 30.1 Å². The van der Waals surface area contributed by atoms with Crippen LogP contribution < -0.4 is 5.32 Å². The third-order valence-electron chi connectivity index (χ3n) is 9.14. The van der Waals surface area contributed by atoms with Crippen molar-refractivity contribution in [3.8, 4) is 22.5 Å². The van der Waals surface area contributed by atoms with E-state index < -0.39 is 0 Å². The van der Waals surface area contributed by atoms with Gasteiger partial charge in [0.1, 0.15) is 6.54 Å². The van der Waals surface area contributed by atoms with Gasteiger partial charge >= 0.3 is 0 Å². The lowest BCUT2D eigenvalue weighted by atomic mass is 9.82. The monoisotopic (exact) mass is 586 g/mol. The summed E-state index contributed by atoms with van der Waals surface area (Å²) >= 11 is 0. The average molecular weight is 587 g/mol. The quantitative estimate of drug-likeness (QED) is 0.225. The lowest BCUT2D eigenvalue weighted by Gasteiger charge is -2.28. The van der Waals surface area contributed by atoms with E-state index in [0.717, 1.165) is 38.9 Å². The molecule has 7 nitrogen and oxygen atoms in total. The summed E-state index contributed by atoms with van der Waals surface area (Å²) in [6.07, 6.45) is 6.13. The summed E-state index contributed by atoms with van der Waals surface area (Å²) in [5, 5.41) is 5.14. The van der Waals surface area contributed by atoms with E-state index >= 15 is 0 Å². The summed E-state index contributed by atoms with van der Waals surface area (Å²) in [4.78, 5) is 32.0. The van der Waals surface area contributed by atoms with Crippen LogP contribution in [0.25, 0.3) is 44.3 Å². The Morgan fingerprint density at radius 1 is 0.886 bits per heavy atom. The van der Waals surface area contributed by atoms with Gasteiger partial charge < -0.3 is 19.5 Å². The van der Waals surface area contributed by atoms with Gasteiger partial charge in [0.2, 0.25) is 11.8 Å². The molecule has 3 aromatic carbocycles.